The summed E-state index contributed by atoms with van der Waals surface area (Å²) in [6.07, 6.45) is 4.73. The smallest absolute Gasteiger partial charge is 0.261 e. The van der Waals surface area contributed by atoms with Gasteiger partial charge in [0.1, 0.15) is 6.26 Å². The second-order valence-electron chi connectivity index (χ2n) is 8.81. The summed E-state index contributed by atoms with van der Waals surface area (Å²) in [7, 11) is 0. The van der Waals surface area contributed by atoms with Crippen molar-refractivity contribution in [1.29, 1.82) is 0 Å². The zero-order valence-corrected chi connectivity index (χ0v) is 19.1. The molecule has 0 bridgehead atoms. The monoisotopic (exact) mass is 471 g/mol. The van der Waals surface area contributed by atoms with Crippen LogP contribution >= 0.6 is 0 Å². The van der Waals surface area contributed by atoms with E-state index >= 15 is 0 Å². The minimum atomic E-state index is -0.373. The molecule has 1 fully saturated rings. The van der Waals surface area contributed by atoms with E-state index in [1.165, 1.54) is 23.5 Å². The van der Waals surface area contributed by atoms with Crippen LogP contribution in [0.15, 0.2) is 71.5 Å². The average molecular weight is 472 g/mol. The molecule has 0 radical (unpaired) electrons. The van der Waals surface area contributed by atoms with Crippen molar-refractivity contribution in [3.05, 3.63) is 94.9 Å². The van der Waals surface area contributed by atoms with Crippen LogP contribution in [-0.2, 0) is 6.42 Å². The van der Waals surface area contributed by atoms with Crippen LogP contribution in [0.2, 0.25) is 0 Å². The highest BCUT2D eigenvalue weighted by molar-refractivity contribution is 6.22. The van der Waals surface area contributed by atoms with E-state index in [1.54, 1.807) is 23.1 Å². The van der Waals surface area contributed by atoms with Crippen LogP contribution in [-0.4, -0.2) is 59.1 Å². The minimum Gasteiger partial charge on any atom is -0.472 e. The van der Waals surface area contributed by atoms with Crippen molar-refractivity contribution in [3.63, 3.8) is 0 Å². The first-order chi connectivity index (χ1) is 17.0. The summed E-state index contributed by atoms with van der Waals surface area (Å²) in [6.45, 7) is 1.35. The fraction of sp³-hybridized carbons (Fsp3) is 0.259. The van der Waals surface area contributed by atoms with Gasteiger partial charge in [-0.3, -0.25) is 24.1 Å². The highest BCUT2D eigenvalue weighted by atomic mass is 16.3. The molecule has 0 unspecified atom stereocenters. The molecule has 3 aromatic rings. The summed E-state index contributed by atoms with van der Waals surface area (Å²) >= 11 is 0. The minimum absolute atomic E-state index is 0.0798. The van der Waals surface area contributed by atoms with Gasteiger partial charge in [0.15, 0.2) is 0 Å². The molecule has 2 aromatic carbocycles. The zero-order chi connectivity index (χ0) is 24.4. The molecule has 2 aliphatic heterocycles. The number of carbonyl (C=O) groups is 4. The number of rotatable bonds is 6. The third-order valence-electron chi connectivity index (χ3n) is 6.59. The lowest BCUT2D eigenvalue weighted by molar-refractivity contribution is 0.0652. The lowest BCUT2D eigenvalue weighted by atomic mass is 10.0. The Morgan fingerprint density at radius 1 is 0.914 bits per heavy atom. The van der Waals surface area contributed by atoms with Crippen molar-refractivity contribution in [2.24, 2.45) is 0 Å². The Hall–Kier alpha value is -4.20. The predicted molar refractivity (Wildman–Crippen MR) is 127 cm³/mol. The number of fused-ring (bicyclic) bond motifs is 1. The SMILES string of the molecule is O=C(NC1CCN(C(=O)c2ccoc2)CC1)c1ccc2c(c1)C(=O)N(CCc1ccccc1)C2=O. The number of hydrogen-bond acceptors (Lipinski definition) is 5. The van der Waals surface area contributed by atoms with Crippen molar-refractivity contribution >= 4 is 23.6 Å². The lowest BCUT2D eigenvalue weighted by Crippen LogP contribution is -2.46. The molecule has 3 heterocycles. The fourth-order valence-electron chi connectivity index (χ4n) is 4.58. The molecule has 1 aromatic heterocycles. The number of nitrogens with zero attached hydrogens (tertiary/aromatic N) is 2. The molecular weight excluding hydrogens is 446 g/mol. The number of benzene rings is 2. The molecule has 0 spiro atoms. The van der Waals surface area contributed by atoms with Crippen LogP contribution in [0.1, 0.15) is 59.8 Å². The number of furan rings is 1. The van der Waals surface area contributed by atoms with E-state index in [0.717, 1.165) is 5.56 Å². The number of amides is 4. The van der Waals surface area contributed by atoms with Gasteiger partial charge in [-0.2, -0.15) is 0 Å². The van der Waals surface area contributed by atoms with Gasteiger partial charge >= 0.3 is 0 Å². The quantitative estimate of drug-likeness (QED) is 0.557. The Balaban J connectivity index is 1.19. The Morgan fingerprint density at radius 3 is 2.37 bits per heavy atom. The number of hydrogen-bond donors (Lipinski definition) is 1. The largest absolute Gasteiger partial charge is 0.472 e. The Kier molecular flexibility index (Phi) is 6.18. The zero-order valence-electron chi connectivity index (χ0n) is 19.1. The van der Waals surface area contributed by atoms with Crippen LogP contribution in [0.4, 0.5) is 0 Å². The number of carbonyl (C=O) groups excluding carboxylic acids is 4. The summed E-state index contributed by atoms with van der Waals surface area (Å²) in [5.41, 5.74) is 2.48. The maximum absolute atomic E-state index is 12.9. The van der Waals surface area contributed by atoms with Crippen molar-refractivity contribution < 1.29 is 23.6 Å². The van der Waals surface area contributed by atoms with Gasteiger partial charge in [0.25, 0.3) is 23.6 Å². The van der Waals surface area contributed by atoms with Crippen molar-refractivity contribution in [3.8, 4) is 0 Å². The first-order valence-corrected chi connectivity index (χ1v) is 11.7. The number of piperidine rings is 1. The molecule has 5 rings (SSSR count). The standard InChI is InChI=1S/C27H25N3O5/c31-24(28-21-9-12-29(13-10-21)25(32)20-11-15-35-17-20)19-6-7-22-23(16-19)27(34)30(26(22)33)14-8-18-4-2-1-3-5-18/h1-7,11,15-17,21H,8-10,12-14H2,(H,28,31). The third kappa shape index (κ3) is 4.59. The molecule has 1 N–H and O–H groups in total. The van der Waals surface area contributed by atoms with Gasteiger partial charge in [-0.25, -0.2) is 0 Å². The van der Waals surface area contributed by atoms with Crippen molar-refractivity contribution in [1.82, 2.24) is 15.1 Å². The van der Waals surface area contributed by atoms with Gasteiger partial charge in [-0.15, -0.1) is 0 Å². The summed E-state index contributed by atoms with van der Waals surface area (Å²) < 4.78 is 4.98. The molecule has 8 heteroatoms. The summed E-state index contributed by atoms with van der Waals surface area (Å²) in [4.78, 5) is 54.0. The fourth-order valence-corrected chi connectivity index (χ4v) is 4.58. The number of imide groups is 1. The highest BCUT2D eigenvalue weighted by Crippen LogP contribution is 2.25. The second-order valence-corrected chi connectivity index (χ2v) is 8.81. The van der Waals surface area contributed by atoms with Crippen LogP contribution in [0, 0.1) is 0 Å². The van der Waals surface area contributed by atoms with E-state index < -0.39 is 0 Å². The van der Waals surface area contributed by atoms with E-state index in [9.17, 15) is 19.2 Å². The molecule has 35 heavy (non-hydrogen) atoms. The van der Waals surface area contributed by atoms with E-state index in [2.05, 4.69) is 5.32 Å². The highest BCUT2D eigenvalue weighted by Gasteiger charge is 2.36. The number of nitrogens with one attached hydrogen (secondary N) is 1. The van der Waals surface area contributed by atoms with Gasteiger partial charge in [0.05, 0.1) is 23.0 Å². The van der Waals surface area contributed by atoms with Gasteiger partial charge < -0.3 is 14.6 Å². The topological polar surface area (TPSA) is 99.9 Å². The summed E-state index contributed by atoms with van der Waals surface area (Å²) in [6, 6.07) is 15.9. The molecule has 0 saturated carbocycles. The average Bonchev–Trinajstić information content (AvgIpc) is 3.51. The van der Waals surface area contributed by atoms with Gasteiger partial charge in [-0.1, -0.05) is 30.3 Å². The molecule has 8 nitrogen and oxygen atoms in total. The first-order valence-electron chi connectivity index (χ1n) is 11.7. The predicted octanol–water partition coefficient (Wildman–Crippen LogP) is 3.15. The van der Waals surface area contributed by atoms with Crippen LogP contribution in [0.5, 0.6) is 0 Å². The summed E-state index contributed by atoms with van der Waals surface area (Å²) in [5, 5.41) is 3.00. The normalized spacial score (nSPS) is 15.9. The van der Waals surface area contributed by atoms with Crippen LogP contribution < -0.4 is 5.32 Å². The van der Waals surface area contributed by atoms with E-state index in [4.69, 9.17) is 4.42 Å². The molecule has 2 aliphatic rings. The molecule has 0 atom stereocenters. The molecule has 1 saturated heterocycles. The second kappa shape index (κ2) is 9.58. The lowest BCUT2D eigenvalue weighted by Gasteiger charge is -2.32. The number of likely N-dealkylation sites (tertiary alicyclic amines) is 1. The van der Waals surface area contributed by atoms with E-state index in [1.807, 2.05) is 30.3 Å². The first kappa shape index (κ1) is 22.6. The van der Waals surface area contributed by atoms with Crippen molar-refractivity contribution in [2.75, 3.05) is 19.6 Å². The van der Waals surface area contributed by atoms with Gasteiger partial charge in [-0.05, 0) is 49.1 Å². The van der Waals surface area contributed by atoms with E-state index in [-0.39, 0.29) is 41.8 Å². The Morgan fingerprint density at radius 2 is 1.66 bits per heavy atom. The Labute approximate surface area is 202 Å². The summed E-state index contributed by atoms with van der Waals surface area (Å²) in [5.74, 6) is -1.08. The maximum atomic E-state index is 12.9. The van der Waals surface area contributed by atoms with E-state index in [0.29, 0.717) is 49.0 Å². The van der Waals surface area contributed by atoms with Crippen LogP contribution in [0.25, 0.3) is 0 Å². The molecule has 0 aliphatic carbocycles. The third-order valence-corrected chi connectivity index (χ3v) is 6.59. The van der Waals surface area contributed by atoms with Gasteiger partial charge in [0, 0.05) is 31.2 Å². The Bertz CT molecular complexity index is 1260. The maximum Gasteiger partial charge on any atom is 0.261 e. The van der Waals surface area contributed by atoms with Crippen LogP contribution in [0.3, 0.4) is 0 Å². The van der Waals surface area contributed by atoms with Gasteiger partial charge in [0.2, 0.25) is 0 Å². The van der Waals surface area contributed by atoms with Crippen molar-refractivity contribution in [2.45, 2.75) is 25.3 Å². The molecule has 4 amide bonds. The molecule has 178 valence electrons. The molecular formula is C27H25N3O5.